The third-order valence-corrected chi connectivity index (χ3v) is 3.70. The van der Waals surface area contributed by atoms with Gasteiger partial charge in [0.2, 0.25) is 5.16 Å². The highest BCUT2D eigenvalue weighted by Gasteiger charge is 2.12. The fraction of sp³-hybridized carbons (Fsp3) is 0.333. The molecule has 0 aliphatic rings. The van der Waals surface area contributed by atoms with E-state index in [0.29, 0.717) is 17.6 Å². The first-order chi connectivity index (χ1) is 7.83. The average molecular weight is 256 g/mol. The first-order valence-electron chi connectivity index (χ1n) is 4.69. The quantitative estimate of drug-likeness (QED) is 0.498. The van der Waals surface area contributed by atoms with Gasteiger partial charge in [0.25, 0.3) is 0 Å². The van der Waals surface area contributed by atoms with Crippen molar-refractivity contribution in [2.75, 3.05) is 25.3 Å². The molecule has 0 amide bonds. The van der Waals surface area contributed by atoms with Crippen LogP contribution in [-0.4, -0.2) is 34.3 Å². The second-order valence-electron chi connectivity index (χ2n) is 2.99. The van der Waals surface area contributed by atoms with Crippen LogP contribution in [0.1, 0.15) is 0 Å². The van der Waals surface area contributed by atoms with Crippen molar-refractivity contribution in [1.82, 2.24) is 14.9 Å². The Bertz CT molecular complexity index is 440. The van der Waals surface area contributed by atoms with E-state index in [1.54, 1.807) is 18.4 Å². The number of thioether (sulfide) groups is 1. The highest BCUT2D eigenvalue weighted by atomic mass is 32.2. The monoisotopic (exact) mass is 256 g/mol. The largest absolute Gasteiger partial charge is 0.384 e. The fourth-order valence-electron chi connectivity index (χ4n) is 1.17. The summed E-state index contributed by atoms with van der Waals surface area (Å²) < 4.78 is 6.49. The highest BCUT2D eigenvalue weighted by Crippen LogP contribution is 2.24. The van der Waals surface area contributed by atoms with Gasteiger partial charge >= 0.3 is 0 Å². The minimum atomic E-state index is 0.672. The zero-order valence-electron chi connectivity index (χ0n) is 8.79. The van der Waals surface area contributed by atoms with E-state index in [1.807, 2.05) is 17.5 Å². The first kappa shape index (κ1) is 11.4. The van der Waals surface area contributed by atoms with Gasteiger partial charge < -0.3 is 10.6 Å². The van der Waals surface area contributed by atoms with Crippen molar-refractivity contribution in [3.8, 4) is 10.7 Å². The van der Waals surface area contributed by atoms with Gasteiger partial charge in [0, 0.05) is 12.9 Å². The van der Waals surface area contributed by atoms with Crippen LogP contribution in [-0.2, 0) is 4.74 Å². The Morgan fingerprint density at radius 3 is 3.12 bits per heavy atom. The molecule has 0 aliphatic heterocycles. The van der Waals surface area contributed by atoms with Gasteiger partial charge in [0.1, 0.15) is 0 Å². The zero-order valence-corrected chi connectivity index (χ0v) is 10.4. The highest BCUT2D eigenvalue weighted by molar-refractivity contribution is 7.99. The molecule has 2 heterocycles. The Hall–Kier alpha value is -1.05. The van der Waals surface area contributed by atoms with Crippen LogP contribution >= 0.6 is 23.1 Å². The van der Waals surface area contributed by atoms with E-state index in [-0.39, 0.29) is 0 Å². The molecule has 7 heteroatoms. The number of nitrogens with zero attached hydrogens (tertiary/aromatic N) is 3. The Balaban J connectivity index is 2.12. The predicted molar refractivity (Wildman–Crippen MR) is 66.1 cm³/mol. The summed E-state index contributed by atoms with van der Waals surface area (Å²) in [6, 6.07) is 3.94. The van der Waals surface area contributed by atoms with E-state index < -0.39 is 0 Å². The number of hydrogen-bond acceptors (Lipinski definition) is 6. The van der Waals surface area contributed by atoms with E-state index in [1.165, 1.54) is 16.4 Å². The molecular weight excluding hydrogens is 244 g/mol. The summed E-state index contributed by atoms with van der Waals surface area (Å²) in [6.07, 6.45) is 0. The Morgan fingerprint density at radius 1 is 1.56 bits per heavy atom. The Kier molecular flexibility index (Phi) is 3.81. The number of rotatable bonds is 5. The molecule has 16 heavy (non-hydrogen) atoms. The van der Waals surface area contributed by atoms with Crippen molar-refractivity contribution in [2.45, 2.75) is 5.16 Å². The number of nitrogens with two attached hydrogens (primary N) is 1. The molecule has 0 saturated heterocycles. The maximum Gasteiger partial charge on any atom is 0.210 e. The number of methoxy groups -OCH3 is 1. The van der Waals surface area contributed by atoms with E-state index in [9.17, 15) is 0 Å². The summed E-state index contributed by atoms with van der Waals surface area (Å²) in [5.74, 6) is 7.43. The molecule has 0 aromatic carbocycles. The summed E-state index contributed by atoms with van der Waals surface area (Å²) in [6.45, 7) is 0.672. The summed E-state index contributed by atoms with van der Waals surface area (Å²) in [5.41, 5.74) is 0. The SMILES string of the molecule is COCCSc1nnc(-c2cccs2)n1N. The van der Waals surface area contributed by atoms with Crippen LogP contribution in [0.15, 0.2) is 22.7 Å². The maximum absolute atomic E-state index is 5.91. The van der Waals surface area contributed by atoms with Gasteiger partial charge in [-0.25, -0.2) is 4.68 Å². The summed E-state index contributed by atoms with van der Waals surface area (Å²) in [4.78, 5) is 1.02. The lowest BCUT2D eigenvalue weighted by Crippen LogP contribution is -2.11. The van der Waals surface area contributed by atoms with Gasteiger partial charge in [0.05, 0.1) is 11.5 Å². The second-order valence-corrected chi connectivity index (χ2v) is 5.00. The lowest BCUT2D eigenvalue weighted by atomic mass is 10.4. The molecule has 2 aromatic rings. The smallest absolute Gasteiger partial charge is 0.210 e. The number of hydrogen-bond donors (Lipinski definition) is 1. The summed E-state index contributed by atoms with van der Waals surface area (Å²) in [7, 11) is 1.67. The number of nitrogen functional groups attached to an aromatic ring is 1. The second kappa shape index (κ2) is 5.33. The maximum atomic E-state index is 5.91. The van der Waals surface area contributed by atoms with Crippen molar-refractivity contribution in [3.05, 3.63) is 17.5 Å². The molecule has 0 saturated carbocycles. The number of ether oxygens (including phenoxy) is 1. The first-order valence-corrected chi connectivity index (χ1v) is 6.55. The molecule has 0 fully saturated rings. The molecule has 0 bridgehead atoms. The minimum Gasteiger partial charge on any atom is -0.384 e. The number of aromatic nitrogens is 3. The molecule has 0 spiro atoms. The normalized spacial score (nSPS) is 10.8. The molecule has 0 aliphatic carbocycles. The Labute approximate surface area is 102 Å². The minimum absolute atomic E-state index is 0.672. The van der Waals surface area contributed by atoms with E-state index in [0.717, 1.165) is 10.6 Å². The van der Waals surface area contributed by atoms with Crippen molar-refractivity contribution in [3.63, 3.8) is 0 Å². The molecule has 86 valence electrons. The third kappa shape index (κ3) is 2.37. The van der Waals surface area contributed by atoms with Gasteiger partial charge in [-0.2, -0.15) is 0 Å². The summed E-state index contributed by atoms with van der Waals surface area (Å²) >= 11 is 3.13. The molecular formula is C9H12N4OS2. The van der Waals surface area contributed by atoms with Gasteiger partial charge in [-0.3, -0.25) is 0 Å². The fourth-order valence-corrected chi connectivity index (χ4v) is 2.63. The molecule has 0 atom stereocenters. The van der Waals surface area contributed by atoms with E-state index >= 15 is 0 Å². The van der Waals surface area contributed by atoms with Crippen molar-refractivity contribution >= 4 is 23.1 Å². The zero-order chi connectivity index (χ0) is 11.4. The van der Waals surface area contributed by atoms with Crippen molar-refractivity contribution in [2.24, 2.45) is 0 Å². The molecule has 0 radical (unpaired) electrons. The van der Waals surface area contributed by atoms with Gasteiger partial charge in [-0.1, -0.05) is 17.8 Å². The number of thiophene rings is 1. The summed E-state index contributed by atoms with van der Waals surface area (Å²) in [5, 5.41) is 10.8. The van der Waals surface area contributed by atoms with E-state index in [4.69, 9.17) is 10.6 Å². The van der Waals surface area contributed by atoms with Gasteiger partial charge in [-0.05, 0) is 11.4 Å². The molecule has 5 nitrogen and oxygen atoms in total. The van der Waals surface area contributed by atoms with E-state index in [2.05, 4.69) is 10.2 Å². The van der Waals surface area contributed by atoms with Crippen LogP contribution in [0.25, 0.3) is 10.7 Å². The molecule has 2 rings (SSSR count). The standard InChI is InChI=1S/C9H12N4OS2/c1-14-4-6-16-9-12-11-8(13(9)10)7-3-2-5-15-7/h2-3,5H,4,6,10H2,1H3. The molecule has 0 unspecified atom stereocenters. The van der Waals surface area contributed by atoms with Gasteiger partial charge in [-0.15, -0.1) is 21.5 Å². The molecule has 2 aromatic heterocycles. The topological polar surface area (TPSA) is 66.0 Å². The van der Waals surface area contributed by atoms with Crippen molar-refractivity contribution in [1.29, 1.82) is 0 Å². The van der Waals surface area contributed by atoms with Crippen LogP contribution in [0.3, 0.4) is 0 Å². The lowest BCUT2D eigenvalue weighted by Gasteiger charge is -2.01. The van der Waals surface area contributed by atoms with Crippen LogP contribution in [0.5, 0.6) is 0 Å². The van der Waals surface area contributed by atoms with Gasteiger partial charge in [0.15, 0.2) is 5.82 Å². The van der Waals surface area contributed by atoms with Crippen LogP contribution in [0, 0.1) is 0 Å². The lowest BCUT2D eigenvalue weighted by molar-refractivity contribution is 0.218. The van der Waals surface area contributed by atoms with Crippen LogP contribution < -0.4 is 5.84 Å². The average Bonchev–Trinajstić information content (AvgIpc) is 2.89. The van der Waals surface area contributed by atoms with Crippen LogP contribution in [0.4, 0.5) is 0 Å². The third-order valence-electron chi connectivity index (χ3n) is 1.92. The molecule has 2 N–H and O–H groups in total. The predicted octanol–water partition coefficient (Wildman–Crippen LogP) is 1.46. The van der Waals surface area contributed by atoms with Crippen molar-refractivity contribution < 1.29 is 4.74 Å². The van der Waals surface area contributed by atoms with Crippen LogP contribution in [0.2, 0.25) is 0 Å². The Morgan fingerprint density at radius 2 is 2.44 bits per heavy atom.